The minimum Gasteiger partial charge on any atom is -0.507 e. The number of benzene rings is 2. The fourth-order valence-corrected chi connectivity index (χ4v) is 3.01. The van der Waals surface area contributed by atoms with Crippen molar-refractivity contribution in [1.29, 1.82) is 0 Å². The Kier molecular flexibility index (Phi) is 5.44. The Balaban J connectivity index is 2.09. The van der Waals surface area contributed by atoms with Crippen molar-refractivity contribution in [1.82, 2.24) is 4.98 Å². The van der Waals surface area contributed by atoms with Gasteiger partial charge in [-0.05, 0) is 49.7 Å². The van der Waals surface area contributed by atoms with E-state index in [1.165, 1.54) is 13.0 Å². The molecule has 4 nitrogen and oxygen atoms in total. The highest BCUT2D eigenvalue weighted by Crippen LogP contribution is 2.46. The number of aromatic nitrogens is 1. The van der Waals surface area contributed by atoms with Crippen LogP contribution in [0, 0.1) is 6.92 Å². The molecule has 0 saturated heterocycles. The molecule has 0 radical (unpaired) electrons. The van der Waals surface area contributed by atoms with Crippen molar-refractivity contribution < 1.29 is 40.9 Å². The smallest absolute Gasteiger partial charge is 0.507 e. The molecular weight excluding hydrogens is 416 g/mol. The third kappa shape index (κ3) is 4.37. The van der Waals surface area contributed by atoms with Crippen LogP contribution >= 0.6 is 0 Å². The number of halogens is 6. The molecule has 0 aliphatic heterocycles. The quantitative estimate of drug-likeness (QED) is 0.478. The second-order valence-corrected chi connectivity index (χ2v) is 6.34. The van der Waals surface area contributed by atoms with Crippen molar-refractivity contribution in [3.8, 4) is 23.0 Å². The number of hydrogen-bond acceptors (Lipinski definition) is 4. The molecule has 0 amide bonds. The molecule has 1 heterocycles. The van der Waals surface area contributed by atoms with E-state index in [2.05, 4.69) is 9.72 Å². The van der Waals surface area contributed by atoms with Gasteiger partial charge >= 0.3 is 12.5 Å². The summed E-state index contributed by atoms with van der Waals surface area (Å²) in [5.74, 6) is -1.87. The van der Waals surface area contributed by atoms with Crippen molar-refractivity contribution in [2.24, 2.45) is 0 Å². The fourth-order valence-electron chi connectivity index (χ4n) is 3.01. The van der Waals surface area contributed by atoms with E-state index in [9.17, 15) is 31.4 Å². The summed E-state index contributed by atoms with van der Waals surface area (Å²) in [7, 11) is 0. The van der Waals surface area contributed by atoms with Crippen LogP contribution < -0.4 is 9.47 Å². The maximum Gasteiger partial charge on any atom is 0.573 e. The first-order valence-corrected chi connectivity index (χ1v) is 8.66. The van der Waals surface area contributed by atoms with E-state index < -0.39 is 40.7 Å². The minimum absolute atomic E-state index is 0.0523. The molecule has 10 heteroatoms. The van der Waals surface area contributed by atoms with Crippen LogP contribution in [0.5, 0.6) is 23.0 Å². The maximum absolute atomic E-state index is 13.9. The van der Waals surface area contributed by atoms with Crippen LogP contribution in [0.1, 0.15) is 23.7 Å². The third-order valence-corrected chi connectivity index (χ3v) is 4.33. The van der Waals surface area contributed by atoms with E-state index in [-0.39, 0.29) is 16.8 Å². The molecule has 160 valence electrons. The lowest BCUT2D eigenvalue weighted by Gasteiger charge is -2.18. The lowest BCUT2D eigenvalue weighted by Crippen LogP contribution is -2.16. The van der Waals surface area contributed by atoms with Crippen molar-refractivity contribution in [2.45, 2.75) is 32.8 Å². The van der Waals surface area contributed by atoms with E-state index in [0.717, 1.165) is 30.3 Å². The van der Waals surface area contributed by atoms with Crippen LogP contribution in [-0.4, -0.2) is 16.5 Å². The highest BCUT2D eigenvalue weighted by molar-refractivity contribution is 5.92. The van der Waals surface area contributed by atoms with Gasteiger partial charge < -0.3 is 14.6 Å². The maximum atomic E-state index is 13.9. The SMILES string of the molecule is CCc1nc2ccc(Oc3ccc(OC(F)(F)F)cc3)c(C(F)(F)F)c2c(O)c1C. The largest absolute Gasteiger partial charge is 0.573 e. The molecule has 0 fully saturated rings. The fraction of sp³-hybridized carbons (Fsp3) is 0.250. The first-order valence-electron chi connectivity index (χ1n) is 8.66. The number of nitrogens with zero attached hydrogens (tertiary/aromatic N) is 1. The molecule has 3 aromatic rings. The molecule has 0 saturated carbocycles. The molecule has 0 bridgehead atoms. The van der Waals surface area contributed by atoms with E-state index in [1.54, 1.807) is 6.92 Å². The molecule has 0 spiro atoms. The van der Waals surface area contributed by atoms with Crippen LogP contribution in [0.25, 0.3) is 10.9 Å². The number of aromatic hydroxyl groups is 1. The predicted octanol–water partition coefficient (Wildman–Crippen LogP) is 6.52. The summed E-state index contributed by atoms with van der Waals surface area (Å²) >= 11 is 0. The monoisotopic (exact) mass is 431 g/mol. The summed E-state index contributed by atoms with van der Waals surface area (Å²) in [4.78, 5) is 4.18. The number of fused-ring (bicyclic) bond motifs is 1. The highest BCUT2D eigenvalue weighted by atomic mass is 19.4. The second kappa shape index (κ2) is 7.58. The Morgan fingerprint density at radius 1 is 0.933 bits per heavy atom. The molecule has 30 heavy (non-hydrogen) atoms. The standard InChI is InChI=1S/C20H15F6NO3/c1-3-13-10(2)18(28)16-14(27-13)8-9-15(17(16)19(21,22)23)29-11-4-6-12(7-5-11)30-20(24,25)26/h4-9H,3H2,1-2H3,(H,27,28). The van der Waals surface area contributed by atoms with Gasteiger partial charge in [0.2, 0.25) is 0 Å². The summed E-state index contributed by atoms with van der Waals surface area (Å²) in [5, 5.41) is 9.92. The molecule has 0 atom stereocenters. The van der Waals surface area contributed by atoms with Crippen molar-refractivity contribution >= 4 is 10.9 Å². The van der Waals surface area contributed by atoms with E-state index in [1.807, 2.05) is 0 Å². The molecule has 2 aromatic carbocycles. The van der Waals surface area contributed by atoms with Crippen LogP contribution in [0.2, 0.25) is 0 Å². The van der Waals surface area contributed by atoms with Gasteiger partial charge in [0.05, 0.1) is 10.9 Å². The van der Waals surface area contributed by atoms with Gasteiger partial charge in [-0.25, -0.2) is 0 Å². The zero-order valence-electron chi connectivity index (χ0n) is 15.6. The minimum atomic E-state index is -4.90. The summed E-state index contributed by atoms with van der Waals surface area (Å²) in [5.41, 5.74) is -0.599. The summed E-state index contributed by atoms with van der Waals surface area (Å²) in [6, 6.07) is 6.22. The molecule has 1 aromatic heterocycles. The molecule has 1 N–H and O–H groups in total. The number of pyridine rings is 1. The first kappa shape index (κ1) is 21.5. The van der Waals surface area contributed by atoms with Gasteiger partial charge in [-0.2, -0.15) is 13.2 Å². The molecule has 3 rings (SSSR count). The number of rotatable bonds is 4. The Bertz CT molecular complexity index is 1080. The van der Waals surface area contributed by atoms with Crippen LogP contribution in [-0.2, 0) is 12.6 Å². The summed E-state index contributed by atoms with van der Waals surface area (Å²) in [6.07, 6.45) is -9.38. The summed E-state index contributed by atoms with van der Waals surface area (Å²) < 4.78 is 87.3. The number of alkyl halides is 6. The van der Waals surface area contributed by atoms with Crippen molar-refractivity contribution in [3.63, 3.8) is 0 Å². The molecular formula is C20H15F6NO3. The van der Waals surface area contributed by atoms with Gasteiger partial charge in [0.1, 0.15) is 28.6 Å². The van der Waals surface area contributed by atoms with Crippen molar-refractivity contribution in [3.05, 3.63) is 53.2 Å². The Hall–Kier alpha value is -3.17. The first-order chi connectivity index (χ1) is 13.9. The van der Waals surface area contributed by atoms with E-state index in [4.69, 9.17) is 4.74 Å². The zero-order chi connectivity index (χ0) is 22.3. The zero-order valence-corrected chi connectivity index (χ0v) is 15.6. The van der Waals surface area contributed by atoms with Gasteiger partial charge in [0, 0.05) is 11.3 Å². The van der Waals surface area contributed by atoms with E-state index >= 15 is 0 Å². The van der Waals surface area contributed by atoms with Gasteiger partial charge in [-0.15, -0.1) is 13.2 Å². The molecule has 0 unspecified atom stereocenters. The van der Waals surface area contributed by atoms with Crippen molar-refractivity contribution in [2.75, 3.05) is 0 Å². The van der Waals surface area contributed by atoms with Gasteiger partial charge in [-0.3, -0.25) is 4.98 Å². The highest BCUT2D eigenvalue weighted by Gasteiger charge is 2.38. The Morgan fingerprint density at radius 2 is 1.53 bits per heavy atom. The summed E-state index contributed by atoms with van der Waals surface area (Å²) in [6.45, 7) is 3.22. The lowest BCUT2D eigenvalue weighted by atomic mass is 10.0. The topological polar surface area (TPSA) is 51.6 Å². The average molecular weight is 431 g/mol. The Morgan fingerprint density at radius 3 is 2.07 bits per heavy atom. The number of ether oxygens (including phenoxy) is 2. The van der Waals surface area contributed by atoms with Gasteiger partial charge in [0.25, 0.3) is 0 Å². The predicted molar refractivity (Wildman–Crippen MR) is 95.7 cm³/mol. The third-order valence-electron chi connectivity index (χ3n) is 4.33. The average Bonchev–Trinajstić information content (AvgIpc) is 2.64. The van der Waals surface area contributed by atoms with Crippen LogP contribution in [0.3, 0.4) is 0 Å². The molecule has 0 aliphatic rings. The second-order valence-electron chi connectivity index (χ2n) is 6.34. The van der Waals surface area contributed by atoms with Crippen LogP contribution in [0.15, 0.2) is 36.4 Å². The normalized spacial score (nSPS) is 12.3. The Labute approximate surface area is 166 Å². The number of aryl methyl sites for hydroxylation is 1. The van der Waals surface area contributed by atoms with Crippen LogP contribution in [0.4, 0.5) is 26.3 Å². The molecule has 0 aliphatic carbocycles. The lowest BCUT2D eigenvalue weighted by molar-refractivity contribution is -0.274. The van der Waals surface area contributed by atoms with Gasteiger partial charge in [-0.1, -0.05) is 6.92 Å². The van der Waals surface area contributed by atoms with Gasteiger partial charge in [0.15, 0.2) is 0 Å². The van der Waals surface area contributed by atoms with E-state index in [0.29, 0.717) is 12.1 Å². The number of hydrogen-bond donors (Lipinski definition) is 1.